The van der Waals surface area contributed by atoms with Crippen molar-refractivity contribution in [3.8, 4) is 0 Å². The van der Waals surface area contributed by atoms with E-state index in [2.05, 4.69) is 15.4 Å². The molecule has 0 atom stereocenters. The van der Waals surface area contributed by atoms with Crippen LogP contribution in [0.1, 0.15) is 10.4 Å². The monoisotopic (exact) mass is 263 g/mol. The van der Waals surface area contributed by atoms with Crippen molar-refractivity contribution in [2.24, 2.45) is 0 Å². The first-order valence-corrected chi connectivity index (χ1v) is 6.16. The van der Waals surface area contributed by atoms with Crippen LogP contribution in [-0.2, 0) is 4.74 Å². The largest absolute Gasteiger partial charge is 0.465 e. The van der Waals surface area contributed by atoms with Gasteiger partial charge < -0.3 is 20.3 Å². The second kappa shape index (κ2) is 6.19. The SMILES string of the molecule is COC(=O)c1cccc(NC(=O)N2CCNCC2)c1. The molecule has 2 N–H and O–H groups in total. The Morgan fingerprint density at radius 3 is 2.74 bits per heavy atom. The van der Waals surface area contributed by atoms with Gasteiger partial charge in [0.1, 0.15) is 0 Å². The molecule has 0 spiro atoms. The maximum Gasteiger partial charge on any atom is 0.337 e. The van der Waals surface area contributed by atoms with Crippen molar-refractivity contribution in [1.29, 1.82) is 0 Å². The van der Waals surface area contributed by atoms with E-state index in [1.54, 1.807) is 29.2 Å². The highest BCUT2D eigenvalue weighted by atomic mass is 16.5. The molecule has 1 aliphatic rings. The molecule has 1 aromatic rings. The highest BCUT2D eigenvalue weighted by molar-refractivity contribution is 5.93. The summed E-state index contributed by atoms with van der Waals surface area (Å²) in [5.74, 6) is -0.418. The number of urea groups is 1. The molecule has 2 rings (SSSR count). The van der Waals surface area contributed by atoms with Crippen LogP contribution in [0.3, 0.4) is 0 Å². The van der Waals surface area contributed by atoms with Crippen LogP contribution in [0.25, 0.3) is 0 Å². The minimum absolute atomic E-state index is 0.150. The minimum Gasteiger partial charge on any atom is -0.465 e. The number of ether oxygens (including phenoxy) is 1. The van der Waals surface area contributed by atoms with Crippen LogP contribution < -0.4 is 10.6 Å². The van der Waals surface area contributed by atoms with Crippen molar-refractivity contribution in [2.75, 3.05) is 38.6 Å². The predicted octanol–water partition coefficient (Wildman–Crippen LogP) is 0.910. The van der Waals surface area contributed by atoms with Gasteiger partial charge in [-0.25, -0.2) is 9.59 Å². The van der Waals surface area contributed by atoms with E-state index < -0.39 is 5.97 Å². The maximum absolute atomic E-state index is 12.0. The fraction of sp³-hybridized carbons (Fsp3) is 0.385. The lowest BCUT2D eigenvalue weighted by Crippen LogP contribution is -2.48. The Kier molecular flexibility index (Phi) is 4.35. The summed E-state index contributed by atoms with van der Waals surface area (Å²) in [6.45, 7) is 2.97. The zero-order valence-electron chi connectivity index (χ0n) is 10.8. The van der Waals surface area contributed by atoms with E-state index in [0.29, 0.717) is 24.3 Å². The van der Waals surface area contributed by atoms with Crippen molar-refractivity contribution in [1.82, 2.24) is 10.2 Å². The van der Waals surface area contributed by atoms with Gasteiger partial charge in [-0.3, -0.25) is 0 Å². The van der Waals surface area contributed by atoms with Gasteiger partial charge in [0.15, 0.2) is 0 Å². The van der Waals surface area contributed by atoms with Gasteiger partial charge in [-0.1, -0.05) is 6.07 Å². The molecule has 1 aromatic carbocycles. The molecule has 0 unspecified atom stereocenters. The van der Waals surface area contributed by atoms with Crippen molar-refractivity contribution >= 4 is 17.7 Å². The Morgan fingerprint density at radius 2 is 2.05 bits per heavy atom. The summed E-state index contributed by atoms with van der Waals surface area (Å²) in [7, 11) is 1.33. The smallest absolute Gasteiger partial charge is 0.337 e. The third-order valence-electron chi connectivity index (χ3n) is 2.94. The third-order valence-corrected chi connectivity index (χ3v) is 2.94. The summed E-state index contributed by atoms with van der Waals surface area (Å²) in [6, 6.07) is 6.55. The van der Waals surface area contributed by atoms with Crippen LogP contribution in [0.15, 0.2) is 24.3 Å². The van der Waals surface area contributed by atoms with Crippen molar-refractivity contribution in [3.05, 3.63) is 29.8 Å². The second-order valence-corrected chi connectivity index (χ2v) is 4.24. The fourth-order valence-electron chi connectivity index (χ4n) is 1.91. The Balaban J connectivity index is 2.02. The summed E-state index contributed by atoms with van der Waals surface area (Å²) in [4.78, 5) is 25.1. The summed E-state index contributed by atoms with van der Waals surface area (Å²) < 4.78 is 4.64. The van der Waals surface area contributed by atoms with E-state index in [0.717, 1.165) is 13.1 Å². The first kappa shape index (κ1) is 13.4. The summed E-state index contributed by atoms with van der Waals surface area (Å²) in [6.07, 6.45) is 0. The van der Waals surface area contributed by atoms with E-state index >= 15 is 0 Å². The standard InChI is InChI=1S/C13H17N3O3/c1-19-12(17)10-3-2-4-11(9-10)15-13(18)16-7-5-14-6-8-16/h2-4,9,14H,5-8H2,1H3,(H,15,18). The van der Waals surface area contributed by atoms with E-state index in [1.165, 1.54) is 7.11 Å². The minimum atomic E-state index is -0.418. The molecular formula is C13H17N3O3. The number of piperazine rings is 1. The lowest BCUT2D eigenvalue weighted by Gasteiger charge is -2.27. The molecule has 1 aliphatic heterocycles. The number of carbonyl (C=O) groups is 2. The number of nitrogens with one attached hydrogen (secondary N) is 2. The molecule has 1 saturated heterocycles. The number of hydrogen-bond donors (Lipinski definition) is 2. The van der Waals surface area contributed by atoms with Crippen LogP contribution in [0.2, 0.25) is 0 Å². The number of benzene rings is 1. The van der Waals surface area contributed by atoms with Crippen molar-refractivity contribution < 1.29 is 14.3 Å². The zero-order valence-corrected chi connectivity index (χ0v) is 10.8. The molecule has 102 valence electrons. The molecule has 0 aromatic heterocycles. The van der Waals surface area contributed by atoms with Crippen LogP contribution in [0.4, 0.5) is 10.5 Å². The molecule has 0 radical (unpaired) electrons. The van der Waals surface area contributed by atoms with E-state index in [9.17, 15) is 9.59 Å². The number of amides is 2. The maximum atomic E-state index is 12.0. The van der Waals surface area contributed by atoms with Crippen molar-refractivity contribution in [3.63, 3.8) is 0 Å². The first-order chi connectivity index (χ1) is 9.20. The molecule has 1 fully saturated rings. The van der Waals surface area contributed by atoms with Gasteiger partial charge in [0.05, 0.1) is 12.7 Å². The average molecular weight is 263 g/mol. The van der Waals surface area contributed by atoms with Crippen molar-refractivity contribution in [2.45, 2.75) is 0 Å². The second-order valence-electron chi connectivity index (χ2n) is 4.24. The molecule has 19 heavy (non-hydrogen) atoms. The summed E-state index contributed by atoms with van der Waals surface area (Å²) in [5, 5.41) is 5.96. The van der Waals surface area contributed by atoms with Crippen LogP contribution in [-0.4, -0.2) is 50.2 Å². The van der Waals surface area contributed by atoms with E-state index in [-0.39, 0.29) is 6.03 Å². The third kappa shape index (κ3) is 3.45. The first-order valence-electron chi connectivity index (χ1n) is 6.16. The van der Waals surface area contributed by atoms with Gasteiger partial charge in [0, 0.05) is 31.9 Å². The van der Waals surface area contributed by atoms with Crippen LogP contribution in [0.5, 0.6) is 0 Å². The Labute approximate surface area is 111 Å². The van der Waals surface area contributed by atoms with Gasteiger partial charge in [0.2, 0.25) is 0 Å². The van der Waals surface area contributed by atoms with Crippen LogP contribution in [0, 0.1) is 0 Å². The number of carbonyl (C=O) groups excluding carboxylic acids is 2. The number of anilines is 1. The van der Waals surface area contributed by atoms with Crippen LogP contribution >= 0.6 is 0 Å². The lowest BCUT2D eigenvalue weighted by atomic mass is 10.2. The highest BCUT2D eigenvalue weighted by Gasteiger charge is 2.16. The van der Waals surface area contributed by atoms with E-state index in [4.69, 9.17) is 0 Å². The van der Waals surface area contributed by atoms with Gasteiger partial charge in [-0.2, -0.15) is 0 Å². The van der Waals surface area contributed by atoms with Gasteiger partial charge in [-0.15, -0.1) is 0 Å². The van der Waals surface area contributed by atoms with Gasteiger partial charge in [-0.05, 0) is 18.2 Å². The lowest BCUT2D eigenvalue weighted by molar-refractivity contribution is 0.0600. The molecular weight excluding hydrogens is 246 g/mol. The Bertz CT molecular complexity index is 470. The van der Waals surface area contributed by atoms with E-state index in [1.807, 2.05) is 0 Å². The number of nitrogens with zero attached hydrogens (tertiary/aromatic N) is 1. The molecule has 6 heteroatoms. The fourth-order valence-corrected chi connectivity index (χ4v) is 1.91. The van der Waals surface area contributed by atoms with Gasteiger partial charge in [0.25, 0.3) is 0 Å². The molecule has 0 saturated carbocycles. The Hall–Kier alpha value is -2.08. The molecule has 0 aliphatic carbocycles. The molecule has 0 bridgehead atoms. The number of esters is 1. The molecule has 2 amide bonds. The van der Waals surface area contributed by atoms with Gasteiger partial charge >= 0.3 is 12.0 Å². The zero-order chi connectivity index (χ0) is 13.7. The number of hydrogen-bond acceptors (Lipinski definition) is 4. The predicted molar refractivity (Wildman–Crippen MR) is 71.2 cm³/mol. The topological polar surface area (TPSA) is 70.7 Å². The molecule has 6 nitrogen and oxygen atoms in total. The normalized spacial score (nSPS) is 14.9. The molecule has 1 heterocycles. The highest BCUT2D eigenvalue weighted by Crippen LogP contribution is 2.12. The summed E-state index contributed by atoms with van der Waals surface area (Å²) >= 11 is 0. The summed E-state index contributed by atoms with van der Waals surface area (Å²) in [5.41, 5.74) is 1.01. The quantitative estimate of drug-likeness (QED) is 0.778. The average Bonchev–Trinajstić information content (AvgIpc) is 2.47. The Morgan fingerprint density at radius 1 is 1.32 bits per heavy atom. The number of rotatable bonds is 2. The number of methoxy groups -OCH3 is 1.